The predicted octanol–water partition coefficient (Wildman–Crippen LogP) is 2.57. The molecule has 8 heteroatoms. The summed E-state index contributed by atoms with van der Waals surface area (Å²) >= 11 is 0. The second-order valence-corrected chi connectivity index (χ2v) is 7.17. The first-order chi connectivity index (χ1) is 13.3. The third kappa shape index (κ3) is 3.85. The van der Waals surface area contributed by atoms with Gasteiger partial charge in [0.15, 0.2) is 0 Å². The Morgan fingerprint density at radius 3 is 2.93 bits per heavy atom. The van der Waals surface area contributed by atoms with Crippen LogP contribution < -0.4 is 0 Å². The van der Waals surface area contributed by atoms with E-state index in [1.54, 1.807) is 6.20 Å². The third-order valence-electron chi connectivity index (χ3n) is 5.39. The van der Waals surface area contributed by atoms with Crippen molar-refractivity contribution < 1.29 is 14.1 Å². The van der Waals surface area contributed by atoms with E-state index in [4.69, 9.17) is 9.26 Å². The largest absolute Gasteiger partial charge is 0.368 e. The number of rotatable bonds is 4. The van der Waals surface area contributed by atoms with Gasteiger partial charge < -0.3 is 14.2 Å². The number of morpholine rings is 1. The molecule has 1 saturated heterocycles. The summed E-state index contributed by atoms with van der Waals surface area (Å²) in [6, 6.07) is 0. The standard InChI is InChI=1S/C19H25N5O3/c1-2-16-22-18(23-27-16)14-10-20-12-21-17(14)15-11-24(8-9-26-15)19(25)13-6-4-3-5-7-13/h10,12-13,15H,2-9,11H2,1H3/t15-/m0/s1. The number of hydrogen-bond acceptors (Lipinski definition) is 7. The van der Waals surface area contributed by atoms with Crippen LogP contribution in [0.2, 0.25) is 0 Å². The van der Waals surface area contributed by atoms with Crippen molar-refractivity contribution in [1.29, 1.82) is 0 Å². The molecule has 0 radical (unpaired) electrons. The lowest BCUT2D eigenvalue weighted by Crippen LogP contribution is -2.45. The molecule has 1 amide bonds. The zero-order chi connectivity index (χ0) is 18.6. The molecule has 0 N–H and O–H groups in total. The lowest BCUT2D eigenvalue weighted by atomic mass is 9.88. The molecule has 2 aromatic heterocycles. The molecule has 3 heterocycles. The van der Waals surface area contributed by atoms with Crippen LogP contribution in [0.5, 0.6) is 0 Å². The predicted molar refractivity (Wildman–Crippen MR) is 96.6 cm³/mol. The van der Waals surface area contributed by atoms with Crippen LogP contribution in [0.3, 0.4) is 0 Å². The van der Waals surface area contributed by atoms with E-state index in [9.17, 15) is 4.79 Å². The van der Waals surface area contributed by atoms with Crippen LogP contribution in [0.25, 0.3) is 11.4 Å². The molecule has 0 aromatic carbocycles. The van der Waals surface area contributed by atoms with Crippen LogP contribution in [-0.4, -0.2) is 50.6 Å². The number of ether oxygens (including phenoxy) is 1. The fraction of sp³-hybridized carbons (Fsp3) is 0.632. The highest BCUT2D eigenvalue weighted by atomic mass is 16.5. The van der Waals surface area contributed by atoms with Crippen LogP contribution >= 0.6 is 0 Å². The monoisotopic (exact) mass is 371 g/mol. The van der Waals surface area contributed by atoms with Gasteiger partial charge in [-0.15, -0.1) is 0 Å². The smallest absolute Gasteiger partial charge is 0.226 e. The van der Waals surface area contributed by atoms with E-state index in [-0.39, 0.29) is 17.9 Å². The van der Waals surface area contributed by atoms with Crippen LogP contribution in [0, 0.1) is 5.92 Å². The second kappa shape index (κ2) is 8.12. The van der Waals surface area contributed by atoms with Crippen LogP contribution in [-0.2, 0) is 16.0 Å². The summed E-state index contributed by atoms with van der Waals surface area (Å²) in [5.41, 5.74) is 1.40. The first kappa shape index (κ1) is 18.0. The number of hydrogen-bond donors (Lipinski definition) is 0. The minimum absolute atomic E-state index is 0.159. The third-order valence-corrected chi connectivity index (χ3v) is 5.39. The maximum atomic E-state index is 12.9. The van der Waals surface area contributed by atoms with E-state index in [0.29, 0.717) is 49.1 Å². The molecule has 1 aliphatic heterocycles. The minimum atomic E-state index is -0.312. The van der Waals surface area contributed by atoms with Crippen molar-refractivity contribution in [3.8, 4) is 11.4 Å². The molecule has 0 unspecified atom stereocenters. The van der Waals surface area contributed by atoms with Crippen LogP contribution in [0.15, 0.2) is 17.0 Å². The van der Waals surface area contributed by atoms with E-state index in [1.165, 1.54) is 12.7 Å². The molecule has 27 heavy (non-hydrogen) atoms. The zero-order valence-corrected chi connectivity index (χ0v) is 15.6. The molecule has 144 valence electrons. The van der Waals surface area contributed by atoms with E-state index in [1.807, 2.05) is 11.8 Å². The van der Waals surface area contributed by atoms with Crippen molar-refractivity contribution >= 4 is 5.91 Å². The maximum absolute atomic E-state index is 12.9. The summed E-state index contributed by atoms with van der Waals surface area (Å²) in [5.74, 6) is 1.44. The Labute approximate surface area is 158 Å². The Morgan fingerprint density at radius 2 is 2.15 bits per heavy atom. The number of nitrogens with zero attached hydrogens (tertiary/aromatic N) is 5. The Hall–Kier alpha value is -2.35. The van der Waals surface area contributed by atoms with E-state index in [2.05, 4.69) is 20.1 Å². The summed E-state index contributed by atoms with van der Waals surface area (Å²) in [6.45, 7) is 3.59. The lowest BCUT2D eigenvalue weighted by Gasteiger charge is -2.36. The maximum Gasteiger partial charge on any atom is 0.226 e. The highest BCUT2D eigenvalue weighted by Gasteiger charge is 2.32. The molecule has 2 aliphatic rings. The molecule has 2 fully saturated rings. The van der Waals surface area contributed by atoms with Gasteiger partial charge in [0.1, 0.15) is 12.4 Å². The first-order valence-corrected chi connectivity index (χ1v) is 9.79. The van der Waals surface area contributed by atoms with E-state index < -0.39 is 0 Å². The molecular weight excluding hydrogens is 346 g/mol. The number of carbonyl (C=O) groups is 1. The average molecular weight is 371 g/mol. The first-order valence-electron chi connectivity index (χ1n) is 9.79. The summed E-state index contributed by atoms with van der Waals surface area (Å²) < 4.78 is 11.2. The van der Waals surface area contributed by atoms with Gasteiger partial charge in [-0.2, -0.15) is 4.98 Å². The molecule has 4 rings (SSSR count). The van der Waals surface area contributed by atoms with Gasteiger partial charge in [0.05, 0.1) is 24.4 Å². The Kier molecular flexibility index (Phi) is 5.42. The molecular formula is C19H25N5O3. The van der Waals surface area contributed by atoms with Crippen molar-refractivity contribution in [3.63, 3.8) is 0 Å². The fourth-order valence-electron chi connectivity index (χ4n) is 3.90. The molecule has 8 nitrogen and oxygen atoms in total. The van der Waals surface area contributed by atoms with Crippen LogP contribution in [0.1, 0.15) is 56.7 Å². The highest BCUT2D eigenvalue weighted by Crippen LogP contribution is 2.31. The second-order valence-electron chi connectivity index (χ2n) is 7.17. The normalized spacial score (nSPS) is 21.4. The van der Waals surface area contributed by atoms with Crippen LogP contribution in [0.4, 0.5) is 0 Å². The van der Waals surface area contributed by atoms with Gasteiger partial charge in [0.2, 0.25) is 17.6 Å². The Bertz CT molecular complexity index is 787. The van der Waals surface area contributed by atoms with Crippen molar-refractivity contribution in [2.75, 3.05) is 19.7 Å². The van der Waals surface area contributed by atoms with Gasteiger partial charge in [-0.1, -0.05) is 31.3 Å². The average Bonchev–Trinajstić information content (AvgIpc) is 3.23. The van der Waals surface area contributed by atoms with Gasteiger partial charge in [-0.25, -0.2) is 9.97 Å². The van der Waals surface area contributed by atoms with Gasteiger partial charge in [0.25, 0.3) is 0 Å². The zero-order valence-electron chi connectivity index (χ0n) is 15.6. The SMILES string of the molecule is CCc1nc(-c2cncnc2[C@@H]2CN(C(=O)C3CCCCC3)CCO2)no1. The van der Waals surface area contributed by atoms with Gasteiger partial charge in [-0.3, -0.25) is 4.79 Å². The van der Waals surface area contributed by atoms with E-state index in [0.717, 1.165) is 25.7 Å². The fourth-order valence-corrected chi connectivity index (χ4v) is 3.90. The summed E-state index contributed by atoms with van der Waals surface area (Å²) in [5, 5.41) is 4.04. The van der Waals surface area contributed by atoms with Crippen molar-refractivity contribution in [3.05, 3.63) is 24.1 Å². The summed E-state index contributed by atoms with van der Waals surface area (Å²) in [6.07, 6.45) is 9.07. The number of aromatic nitrogens is 4. The minimum Gasteiger partial charge on any atom is -0.368 e. The van der Waals surface area contributed by atoms with Gasteiger partial charge in [0, 0.05) is 25.1 Å². The van der Waals surface area contributed by atoms with Crippen molar-refractivity contribution in [1.82, 2.24) is 25.0 Å². The molecule has 0 spiro atoms. The molecule has 2 aromatic rings. The molecule has 1 saturated carbocycles. The quantitative estimate of drug-likeness (QED) is 0.815. The van der Waals surface area contributed by atoms with Gasteiger partial charge >= 0.3 is 0 Å². The molecule has 1 aliphatic carbocycles. The lowest BCUT2D eigenvalue weighted by molar-refractivity contribution is -0.144. The topological polar surface area (TPSA) is 94.2 Å². The molecule has 0 bridgehead atoms. The number of aryl methyl sites for hydroxylation is 1. The Morgan fingerprint density at radius 1 is 1.30 bits per heavy atom. The number of amides is 1. The summed E-state index contributed by atoms with van der Waals surface area (Å²) in [4.78, 5) is 27.8. The van der Waals surface area contributed by atoms with Crippen molar-refractivity contribution in [2.45, 2.75) is 51.6 Å². The van der Waals surface area contributed by atoms with Gasteiger partial charge in [-0.05, 0) is 12.8 Å². The summed E-state index contributed by atoms with van der Waals surface area (Å²) in [7, 11) is 0. The van der Waals surface area contributed by atoms with Crippen molar-refractivity contribution in [2.24, 2.45) is 5.92 Å². The number of carbonyl (C=O) groups excluding carboxylic acids is 1. The highest BCUT2D eigenvalue weighted by molar-refractivity contribution is 5.79. The van der Waals surface area contributed by atoms with E-state index >= 15 is 0 Å². The molecule has 1 atom stereocenters. The Balaban J connectivity index is 1.54.